The molecule has 1 unspecified atom stereocenters. The standard InChI is InChI=1S/C14H25FN2O2.C2H2O4/c1-13(2,3)19-12(18)17-9-6-14(11(15)10-17)4-7-16-8-5-14;3-1(4)2(5)6/h11,16H,4-10H2,1-3H3;(H,3,4)(H,5,6). The first-order valence-electron chi connectivity index (χ1n) is 8.26. The lowest BCUT2D eigenvalue weighted by atomic mass is 9.70. The number of carboxylic acids is 2. The van der Waals surface area contributed by atoms with Crippen LogP contribution in [0.2, 0.25) is 0 Å². The van der Waals surface area contributed by atoms with Gasteiger partial charge in [-0.15, -0.1) is 0 Å². The molecule has 2 aliphatic rings. The zero-order valence-electron chi connectivity index (χ0n) is 14.9. The van der Waals surface area contributed by atoms with Crippen LogP contribution in [0.5, 0.6) is 0 Å². The van der Waals surface area contributed by atoms with E-state index in [9.17, 15) is 9.18 Å². The van der Waals surface area contributed by atoms with Crippen LogP contribution in [0.4, 0.5) is 9.18 Å². The summed E-state index contributed by atoms with van der Waals surface area (Å²) in [5, 5.41) is 18.1. The molecular weight excluding hydrogens is 335 g/mol. The monoisotopic (exact) mass is 362 g/mol. The molecule has 9 heteroatoms. The van der Waals surface area contributed by atoms with Crippen LogP contribution in [-0.2, 0) is 14.3 Å². The second kappa shape index (κ2) is 8.46. The maximum Gasteiger partial charge on any atom is 0.414 e. The van der Waals surface area contributed by atoms with Crippen LogP contribution in [0.1, 0.15) is 40.0 Å². The number of piperidine rings is 2. The van der Waals surface area contributed by atoms with Crippen molar-refractivity contribution in [2.75, 3.05) is 26.2 Å². The Balaban J connectivity index is 0.000000450. The molecule has 0 radical (unpaired) electrons. The predicted octanol–water partition coefficient (Wildman–Crippen LogP) is 1.49. The van der Waals surface area contributed by atoms with Crippen molar-refractivity contribution in [1.82, 2.24) is 10.2 Å². The van der Waals surface area contributed by atoms with Gasteiger partial charge in [0.1, 0.15) is 11.8 Å². The largest absolute Gasteiger partial charge is 0.473 e. The number of aliphatic carboxylic acids is 2. The summed E-state index contributed by atoms with van der Waals surface area (Å²) in [4.78, 5) is 31.7. The fourth-order valence-corrected chi connectivity index (χ4v) is 2.97. The zero-order valence-corrected chi connectivity index (χ0v) is 14.9. The molecule has 2 fully saturated rings. The number of nitrogens with one attached hydrogen (secondary N) is 1. The van der Waals surface area contributed by atoms with Crippen molar-refractivity contribution in [3.8, 4) is 0 Å². The minimum atomic E-state index is -1.82. The first-order valence-corrected chi connectivity index (χ1v) is 8.26. The van der Waals surface area contributed by atoms with Crippen molar-refractivity contribution in [2.24, 2.45) is 5.41 Å². The van der Waals surface area contributed by atoms with Crippen molar-refractivity contribution in [3.63, 3.8) is 0 Å². The number of rotatable bonds is 0. The molecule has 2 aliphatic heterocycles. The number of hydrogen-bond acceptors (Lipinski definition) is 5. The van der Waals surface area contributed by atoms with E-state index in [0.717, 1.165) is 32.4 Å². The maximum absolute atomic E-state index is 14.5. The van der Waals surface area contributed by atoms with Crippen LogP contribution in [0.3, 0.4) is 0 Å². The molecule has 2 saturated heterocycles. The Hall–Kier alpha value is -1.90. The molecule has 1 amide bonds. The number of carbonyl (C=O) groups excluding carboxylic acids is 1. The smallest absolute Gasteiger partial charge is 0.414 e. The molecule has 0 aromatic rings. The van der Waals surface area contributed by atoms with Gasteiger partial charge < -0.3 is 25.2 Å². The molecule has 25 heavy (non-hydrogen) atoms. The van der Waals surface area contributed by atoms with Crippen LogP contribution in [0, 0.1) is 5.41 Å². The number of nitrogens with zero attached hydrogens (tertiary/aromatic N) is 1. The number of alkyl halides is 1. The fraction of sp³-hybridized carbons (Fsp3) is 0.812. The average molecular weight is 362 g/mol. The highest BCUT2D eigenvalue weighted by molar-refractivity contribution is 6.27. The first kappa shape index (κ1) is 21.1. The summed E-state index contributed by atoms with van der Waals surface area (Å²) in [6, 6.07) is 0. The molecular formula is C16H27FN2O6. The van der Waals surface area contributed by atoms with Crippen molar-refractivity contribution in [1.29, 1.82) is 0 Å². The van der Waals surface area contributed by atoms with E-state index in [1.165, 1.54) is 4.90 Å². The average Bonchev–Trinajstić information content (AvgIpc) is 2.50. The van der Waals surface area contributed by atoms with Gasteiger partial charge in [0.2, 0.25) is 0 Å². The van der Waals surface area contributed by atoms with Crippen molar-refractivity contribution >= 4 is 18.0 Å². The lowest BCUT2D eigenvalue weighted by molar-refractivity contribution is -0.159. The Bertz CT molecular complexity index is 487. The summed E-state index contributed by atoms with van der Waals surface area (Å²) in [5.41, 5.74) is -0.740. The van der Waals surface area contributed by atoms with Gasteiger partial charge in [-0.3, -0.25) is 0 Å². The first-order chi connectivity index (χ1) is 11.5. The zero-order chi connectivity index (χ0) is 19.3. The molecule has 2 rings (SSSR count). The summed E-state index contributed by atoms with van der Waals surface area (Å²) in [5.74, 6) is -3.65. The summed E-state index contributed by atoms with van der Waals surface area (Å²) in [7, 11) is 0. The molecule has 8 nitrogen and oxygen atoms in total. The molecule has 0 bridgehead atoms. The topological polar surface area (TPSA) is 116 Å². The Labute approximate surface area is 146 Å². The van der Waals surface area contributed by atoms with Crippen molar-refractivity contribution in [3.05, 3.63) is 0 Å². The highest BCUT2D eigenvalue weighted by Gasteiger charge is 2.45. The molecule has 1 atom stereocenters. The van der Waals surface area contributed by atoms with Crippen LogP contribution in [-0.4, -0.2) is 71.1 Å². The van der Waals surface area contributed by atoms with Crippen LogP contribution in [0.25, 0.3) is 0 Å². The predicted molar refractivity (Wildman–Crippen MR) is 87.1 cm³/mol. The second-order valence-corrected chi connectivity index (χ2v) is 7.37. The third kappa shape index (κ3) is 6.49. The number of carboxylic acid groups (broad SMARTS) is 2. The van der Waals surface area contributed by atoms with Crippen LogP contribution < -0.4 is 5.32 Å². The molecule has 0 aliphatic carbocycles. The van der Waals surface area contributed by atoms with E-state index in [4.69, 9.17) is 24.5 Å². The number of hydrogen-bond donors (Lipinski definition) is 3. The van der Waals surface area contributed by atoms with Crippen LogP contribution in [0.15, 0.2) is 0 Å². The van der Waals surface area contributed by atoms with Crippen LogP contribution >= 0.6 is 0 Å². The number of carbonyl (C=O) groups is 3. The van der Waals surface area contributed by atoms with E-state index < -0.39 is 23.7 Å². The minimum absolute atomic E-state index is 0.176. The summed E-state index contributed by atoms with van der Waals surface area (Å²) >= 11 is 0. The Morgan fingerprint density at radius 3 is 2.04 bits per heavy atom. The summed E-state index contributed by atoms with van der Waals surface area (Å²) in [6.45, 7) is 8.03. The van der Waals surface area contributed by atoms with E-state index in [2.05, 4.69) is 5.32 Å². The van der Waals surface area contributed by atoms with Gasteiger partial charge in [-0.2, -0.15) is 0 Å². The van der Waals surface area contributed by atoms with Gasteiger partial charge in [0.05, 0.1) is 6.54 Å². The van der Waals surface area contributed by atoms with Gasteiger partial charge >= 0.3 is 18.0 Å². The van der Waals surface area contributed by atoms with Gasteiger partial charge in [0.15, 0.2) is 0 Å². The lowest BCUT2D eigenvalue weighted by Gasteiger charge is -2.46. The number of amides is 1. The number of halogens is 1. The van der Waals surface area contributed by atoms with E-state index in [1.54, 1.807) is 0 Å². The van der Waals surface area contributed by atoms with Gasteiger partial charge in [0.25, 0.3) is 0 Å². The third-order valence-corrected chi connectivity index (χ3v) is 4.36. The molecule has 0 aromatic carbocycles. The SMILES string of the molecule is CC(C)(C)OC(=O)N1CCC2(CCNCC2)C(F)C1.O=C(O)C(=O)O. The van der Waals surface area contributed by atoms with Gasteiger partial charge in [-0.05, 0) is 53.1 Å². The van der Waals surface area contributed by atoms with Gasteiger partial charge in [0, 0.05) is 12.0 Å². The van der Waals surface area contributed by atoms with E-state index in [1.807, 2.05) is 20.8 Å². The van der Waals surface area contributed by atoms with Crippen molar-refractivity contribution < 1.29 is 33.7 Å². The lowest BCUT2D eigenvalue weighted by Crippen LogP contribution is -2.54. The molecule has 3 N–H and O–H groups in total. The molecule has 0 aromatic heterocycles. The van der Waals surface area contributed by atoms with E-state index in [-0.39, 0.29) is 18.1 Å². The number of ether oxygens (including phenoxy) is 1. The molecule has 0 saturated carbocycles. The quantitative estimate of drug-likeness (QED) is 0.559. The van der Waals surface area contributed by atoms with Gasteiger partial charge in [-0.25, -0.2) is 18.8 Å². The minimum Gasteiger partial charge on any atom is -0.473 e. The highest BCUT2D eigenvalue weighted by Crippen LogP contribution is 2.41. The molecule has 1 spiro atoms. The van der Waals surface area contributed by atoms with Gasteiger partial charge in [-0.1, -0.05) is 0 Å². The summed E-state index contributed by atoms with van der Waals surface area (Å²) < 4.78 is 19.8. The Morgan fingerprint density at radius 1 is 1.12 bits per heavy atom. The molecule has 144 valence electrons. The number of likely N-dealkylation sites (tertiary alicyclic amines) is 1. The second-order valence-electron chi connectivity index (χ2n) is 7.37. The normalized spacial score (nSPS) is 22.6. The highest BCUT2D eigenvalue weighted by atomic mass is 19.1. The Kier molecular flexibility index (Phi) is 7.16. The van der Waals surface area contributed by atoms with E-state index in [0.29, 0.717) is 6.54 Å². The fourth-order valence-electron chi connectivity index (χ4n) is 2.97. The molecule has 2 heterocycles. The Morgan fingerprint density at radius 2 is 1.64 bits per heavy atom. The third-order valence-electron chi connectivity index (χ3n) is 4.36. The maximum atomic E-state index is 14.5. The summed E-state index contributed by atoms with van der Waals surface area (Å²) in [6.07, 6.45) is 1.16. The van der Waals surface area contributed by atoms with E-state index >= 15 is 0 Å². The van der Waals surface area contributed by atoms with Crippen molar-refractivity contribution in [2.45, 2.75) is 51.8 Å².